The van der Waals surface area contributed by atoms with Gasteiger partial charge < -0.3 is 4.42 Å². The van der Waals surface area contributed by atoms with Crippen molar-refractivity contribution in [3.05, 3.63) is 86.9 Å². The highest BCUT2D eigenvalue weighted by atomic mass is 79.9. The minimum Gasteiger partial charge on any atom is -0.450 e. The highest BCUT2D eigenvalue weighted by molar-refractivity contribution is 9.10. The number of thioether (sulfide) groups is 1. The third kappa shape index (κ3) is 5.20. The van der Waals surface area contributed by atoms with Crippen LogP contribution in [0, 0.1) is 6.92 Å². The van der Waals surface area contributed by atoms with Crippen LogP contribution in [0.3, 0.4) is 0 Å². The fourth-order valence-electron chi connectivity index (χ4n) is 2.83. The van der Waals surface area contributed by atoms with E-state index in [0.717, 1.165) is 26.0 Å². The van der Waals surface area contributed by atoms with E-state index < -0.39 is 11.1 Å². The largest absolute Gasteiger partial charge is 0.450 e. The lowest BCUT2D eigenvalue weighted by Crippen LogP contribution is -2.33. The number of hydrogen-bond donors (Lipinski definition) is 0. The minimum absolute atomic E-state index is 0.231. The number of ketones is 1. The fraction of sp³-hybridized carbons (Fsp3) is 0.0870. The molecule has 4 rings (SSSR count). The molecule has 0 spiro atoms. The van der Waals surface area contributed by atoms with E-state index in [2.05, 4.69) is 15.9 Å². The molecular formula is C23H16BrNO4S2. The Morgan fingerprint density at radius 2 is 1.77 bits per heavy atom. The molecular weight excluding hydrogens is 498 g/mol. The number of aryl methyl sites for hydroxylation is 1. The number of Topliss-reactive ketones (excluding diaryl/α,β-unsaturated/α-hetero) is 1. The van der Waals surface area contributed by atoms with Crippen LogP contribution in [0.1, 0.15) is 21.7 Å². The van der Waals surface area contributed by atoms with Crippen LogP contribution < -0.4 is 0 Å². The molecule has 0 aliphatic carbocycles. The van der Waals surface area contributed by atoms with E-state index in [1.165, 1.54) is 23.4 Å². The Morgan fingerprint density at radius 3 is 2.48 bits per heavy atom. The van der Waals surface area contributed by atoms with Crippen molar-refractivity contribution in [3.63, 3.8) is 0 Å². The number of benzene rings is 2. The Hall–Kier alpha value is -2.55. The van der Waals surface area contributed by atoms with Gasteiger partial charge in [-0.15, -0.1) is 0 Å². The third-order valence-electron chi connectivity index (χ3n) is 4.46. The zero-order chi connectivity index (χ0) is 22.0. The molecule has 31 heavy (non-hydrogen) atoms. The van der Waals surface area contributed by atoms with Crippen molar-refractivity contribution in [2.24, 2.45) is 0 Å². The van der Waals surface area contributed by atoms with Crippen LogP contribution >= 0.6 is 39.5 Å². The molecule has 0 N–H and O–H groups in total. The lowest BCUT2D eigenvalue weighted by molar-refractivity contribution is -0.122. The molecule has 0 radical (unpaired) electrons. The predicted molar refractivity (Wildman–Crippen MR) is 125 cm³/mol. The number of carbonyl (C=O) groups excluding carboxylic acids is 3. The van der Waals surface area contributed by atoms with Crippen molar-refractivity contribution in [1.82, 2.24) is 4.90 Å². The van der Waals surface area contributed by atoms with Crippen molar-refractivity contribution in [3.8, 4) is 0 Å². The van der Waals surface area contributed by atoms with Gasteiger partial charge in [0.2, 0.25) is 0 Å². The quantitative estimate of drug-likeness (QED) is 0.279. The second-order valence-electron chi connectivity index (χ2n) is 6.77. The number of rotatable bonds is 6. The second kappa shape index (κ2) is 9.30. The Morgan fingerprint density at radius 1 is 1.06 bits per heavy atom. The summed E-state index contributed by atoms with van der Waals surface area (Å²) in [5.41, 5.74) is 1.62. The molecule has 2 aromatic carbocycles. The SMILES string of the molecule is Cc1ccc(Sc2ccc(/C=C3\SC(=O)N(CC(=O)c4ccc(Br)cc4)C3=O)o2)cc1. The maximum atomic E-state index is 12.7. The smallest absolute Gasteiger partial charge is 0.293 e. The average Bonchev–Trinajstić information content (AvgIpc) is 3.29. The molecule has 156 valence electrons. The number of imide groups is 1. The van der Waals surface area contributed by atoms with Gasteiger partial charge in [0, 0.05) is 21.0 Å². The zero-order valence-electron chi connectivity index (χ0n) is 16.3. The van der Waals surface area contributed by atoms with E-state index in [-0.39, 0.29) is 17.2 Å². The molecule has 0 saturated carbocycles. The maximum Gasteiger partial charge on any atom is 0.293 e. The fourth-order valence-corrected chi connectivity index (χ4v) is 4.69. The van der Waals surface area contributed by atoms with Crippen LogP contribution in [0.25, 0.3) is 6.08 Å². The molecule has 1 saturated heterocycles. The lowest BCUT2D eigenvalue weighted by Gasteiger charge is -2.11. The first-order chi connectivity index (χ1) is 14.9. The molecule has 2 heterocycles. The van der Waals surface area contributed by atoms with E-state index >= 15 is 0 Å². The van der Waals surface area contributed by atoms with Crippen LogP contribution in [-0.2, 0) is 4.79 Å². The van der Waals surface area contributed by atoms with Gasteiger partial charge in [-0.2, -0.15) is 0 Å². The molecule has 8 heteroatoms. The normalized spacial score (nSPS) is 15.2. The van der Waals surface area contributed by atoms with Crippen LogP contribution in [0.4, 0.5) is 4.79 Å². The molecule has 0 bridgehead atoms. The van der Waals surface area contributed by atoms with Crippen LogP contribution in [0.5, 0.6) is 0 Å². The number of halogens is 1. The Kier molecular flexibility index (Phi) is 6.50. The van der Waals surface area contributed by atoms with E-state index in [1.54, 1.807) is 30.3 Å². The summed E-state index contributed by atoms with van der Waals surface area (Å²) in [6.07, 6.45) is 1.54. The molecule has 0 unspecified atom stereocenters. The topological polar surface area (TPSA) is 67.6 Å². The first-order valence-corrected chi connectivity index (χ1v) is 11.7. The van der Waals surface area contributed by atoms with Crippen LogP contribution in [-0.4, -0.2) is 28.4 Å². The van der Waals surface area contributed by atoms with Gasteiger partial charge in [-0.1, -0.05) is 57.5 Å². The molecule has 3 aromatic rings. The summed E-state index contributed by atoms with van der Waals surface area (Å²) < 4.78 is 6.62. The maximum absolute atomic E-state index is 12.7. The van der Waals surface area contributed by atoms with Crippen LogP contribution in [0.15, 0.2) is 84.4 Å². The van der Waals surface area contributed by atoms with Gasteiger partial charge in [0.05, 0.1) is 11.4 Å². The van der Waals surface area contributed by atoms with Gasteiger partial charge in [-0.25, -0.2) is 0 Å². The molecule has 5 nitrogen and oxygen atoms in total. The zero-order valence-corrected chi connectivity index (χ0v) is 19.6. The standard InChI is InChI=1S/C23H16BrNO4S2/c1-14-2-9-18(10-3-14)30-21-11-8-17(29-21)12-20-22(27)25(23(28)31-20)13-19(26)15-4-6-16(24)7-5-15/h2-12H,13H2,1H3/b20-12-. The Balaban J connectivity index is 1.44. The van der Waals surface area contributed by atoms with Gasteiger partial charge in [0.1, 0.15) is 5.76 Å². The van der Waals surface area contributed by atoms with Gasteiger partial charge in [0.15, 0.2) is 10.9 Å². The van der Waals surface area contributed by atoms with E-state index in [1.807, 2.05) is 37.3 Å². The highest BCUT2D eigenvalue weighted by Crippen LogP contribution is 2.34. The van der Waals surface area contributed by atoms with Crippen molar-refractivity contribution in [2.75, 3.05) is 6.54 Å². The second-order valence-corrected chi connectivity index (χ2v) is 9.76. The summed E-state index contributed by atoms with van der Waals surface area (Å²) in [6, 6.07) is 18.4. The van der Waals surface area contributed by atoms with Gasteiger partial charge >= 0.3 is 0 Å². The molecule has 2 amide bonds. The monoisotopic (exact) mass is 513 g/mol. The lowest BCUT2D eigenvalue weighted by atomic mass is 10.1. The summed E-state index contributed by atoms with van der Waals surface area (Å²) in [6.45, 7) is 1.73. The number of hydrogen-bond acceptors (Lipinski definition) is 6. The van der Waals surface area contributed by atoms with E-state index in [0.29, 0.717) is 16.4 Å². The summed E-state index contributed by atoms with van der Waals surface area (Å²) in [7, 11) is 0. The number of nitrogens with zero attached hydrogens (tertiary/aromatic N) is 1. The molecule has 1 aliphatic heterocycles. The van der Waals surface area contributed by atoms with E-state index in [9.17, 15) is 14.4 Å². The van der Waals surface area contributed by atoms with Crippen molar-refractivity contribution < 1.29 is 18.8 Å². The van der Waals surface area contributed by atoms with Gasteiger partial charge in [-0.05, 0) is 55.1 Å². The van der Waals surface area contributed by atoms with Crippen LogP contribution in [0.2, 0.25) is 0 Å². The number of carbonyl (C=O) groups is 3. The van der Waals surface area contributed by atoms with Crippen molar-refractivity contribution in [1.29, 1.82) is 0 Å². The first-order valence-electron chi connectivity index (χ1n) is 9.27. The highest BCUT2D eigenvalue weighted by Gasteiger charge is 2.36. The van der Waals surface area contributed by atoms with E-state index in [4.69, 9.17) is 4.42 Å². The third-order valence-corrected chi connectivity index (χ3v) is 6.82. The summed E-state index contributed by atoms with van der Waals surface area (Å²) in [5.74, 6) is -0.324. The molecule has 1 aliphatic rings. The molecule has 1 aromatic heterocycles. The predicted octanol–water partition coefficient (Wildman–Crippen LogP) is 6.42. The number of amides is 2. The average molecular weight is 514 g/mol. The van der Waals surface area contributed by atoms with Crippen molar-refractivity contribution in [2.45, 2.75) is 16.9 Å². The molecule has 1 fully saturated rings. The van der Waals surface area contributed by atoms with Gasteiger partial charge in [-0.3, -0.25) is 19.3 Å². The van der Waals surface area contributed by atoms with Gasteiger partial charge in [0.25, 0.3) is 11.1 Å². The van der Waals surface area contributed by atoms with Crippen molar-refractivity contribution >= 4 is 62.5 Å². The summed E-state index contributed by atoms with van der Waals surface area (Å²) in [5, 5.41) is 0.210. The number of furan rings is 1. The molecule has 0 atom stereocenters. The minimum atomic E-state index is -0.496. The Labute approximate surface area is 196 Å². The summed E-state index contributed by atoms with van der Waals surface area (Å²) >= 11 is 5.59. The Bertz CT molecular complexity index is 1180. The summed E-state index contributed by atoms with van der Waals surface area (Å²) in [4.78, 5) is 39.7. The first kappa shape index (κ1) is 21.7.